The second kappa shape index (κ2) is 6.57. The molecule has 0 aliphatic carbocycles. The predicted molar refractivity (Wildman–Crippen MR) is 78.6 cm³/mol. The fraction of sp³-hybridized carbons (Fsp3) is 0.118. The van der Waals surface area contributed by atoms with E-state index < -0.39 is 5.97 Å². The van der Waals surface area contributed by atoms with Crippen LogP contribution in [0.3, 0.4) is 0 Å². The minimum absolute atomic E-state index is 0.492. The van der Waals surface area contributed by atoms with Crippen LogP contribution in [0, 0.1) is 6.92 Å². The number of carbonyl (C=O) groups is 1. The molecule has 2 aromatic rings. The van der Waals surface area contributed by atoms with Crippen LogP contribution < -0.4 is 4.74 Å². The van der Waals surface area contributed by atoms with Gasteiger partial charge < -0.3 is 9.84 Å². The van der Waals surface area contributed by atoms with Gasteiger partial charge in [0.15, 0.2) is 0 Å². The summed E-state index contributed by atoms with van der Waals surface area (Å²) in [6, 6.07) is 15.5. The standard InChI is InChI=1S/C17H16O3/c1-13-7-9-16(11-15(13)8-10-17(18)19)20-12-14-5-3-2-4-6-14/h2-11H,12H2,1H3,(H,18,19). The average Bonchev–Trinajstić information content (AvgIpc) is 2.46. The summed E-state index contributed by atoms with van der Waals surface area (Å²) < 4.78 is 5.71. The van der Waals surface area contributed by atoms with E-state index in [2.05, 4.69) is 0 Å². The molecule has 1 N–H and O–H groups in total. The van der Waals surface area contributed by atoms with Gasteiger partial charge in [-0.3, -0.25) is 0 Å². The van der Waals surface area contributed by atoms with Crippen molar-refractivity contribution in [3.63, 3.8) is 0 Å². The Morgan fingerprint density at radius 3 is 2.65 bits per heavy atom. The largest absolute Gasteiger partial charge is 0.489 e. The van der Waals surface area contributed by atoms with Gasteiger partial charge in [0.25, 0.3) is 0 Å². The maximum Gasteiger partial charge on any atom is 0.328 e. The summed E-state index contributed by atoms with van der Waals surface area (Å²) in [5.41, 5.74) is 2.95. The quantitative estimate of drug-likeness (QED) is 0.841. The lowest BCUT2D eigenvalue weighted by Crippen LogP contribution is -1.96. The van der Waals surface area contributed by atoms with E-state index in [1.165, 1.54) is 0 Å². The van der Waals surface area contributed by atoms with Gasteiger partial charge >= 0.3 is 5.97 Å². The van der Waals surface area contributed by atoms with Gasteiger partial charge in [-0.05, 0) is 41.8 Å². The number of carboxylic acids is 1. The van der Waals surface area contributed by atoms with E-state index >= 15 is 0 Å². The van der Waals surface area contributed by atoms with E-state index in [4.69, 9.17) is 9.84 Å². The average molecular weight is 268 g/mol. The zero-order chi connectivity index (χ0) is 14.4. The van der Waals surface area contributed by atoms with Gasteiger partial charge in [-0.25, -0.2) is 4.79 Å². The highest BCUT2D eigenvalue weighted by molar-refractivity contribution is 5.85. The molecule has 0 fully saturated rings. The van der Waals surface area contributed by atoms with Gasteiger partial charge in [-0.15, -0.1) is 0 Å². The van der Waals surface area contributed by atoms with Crippen molar-refractivity contribution < 1.29 is 14.6 Å². The third-order valence-corrected chi connectivity index (χ3v) is 2.90. The van der Waals surface area contributed by atoms with Crippen LogP contribution >= 0.6 is 0 Å². The smallest absolute Gasteiger partial charge is 0.328 e. The summed E-state index contributed by atoms with van der Waals surface area (Å²) in [6.45, 7) is 2.43. The van der Waals surface area contributed by atoms with Crippen LogP contribution in [0.2, 0.25) is 0 Å². The van der Waals surface area contributed by atoms with Crippen LogP contribution in [-0.2, 0) is 11.4 Å². The Bertz CT molecular complexity index is 615. The lowest BCUT2D eigenvalue weighted by molar-refractivity contribution is -0.131. The fourth-order valence-corrected chi connectivity index (χ4v) is 1.79. The minimum Gasteiger partial charge on any atom is -0.489 e. The summed E-state index contributed by atoms with van der Waals surface area (Å²) >= 11 is 0. The highest BCUT2D eigenvalue weighted by Gasteiger charge is 2.00. The molecule has 0 radical (unpaired) electrons. The van der Waals surface area contributed by atoms with E-state index in [1.807, 2.05) is 55.5 Å². The van der Waals surface area contributed by atoms with E-state index in [-0.39, 0.29) is 0 Å². The molecule has 2 rings (SSSR count). The number of rotatable bonds is 5. The van der Waals surface area contributed by atoms with Gasteiger partial charge in [-0.1, -0.05) is 36.4 Å². The monoisotopic (exact) mass is 268 g/mol. The molecule has 3 heteroatoms. The first-order valence-corrected chi connectivity index (χ1v) is 6.33. The maximum atomic E-state index is 10.6. The van der Waals surface area contributed by atoms with Gasteiger partial charge in [0.1, 0.15) is 12.4 Å². The van der Waals surface area contributed by atoms with E-state index in [0.29, 0.717) is 6.61 Å². The van der Waals surface area contributed by atoms with Crippen LogP contribution in [0.4, 0.5) is 0 Å². The van der Waals surface area contributed by atoms with Crippen molar-refractivity contribution >= 4 is 12.0 Å². The van der Waals surface area contributed by atoms with E-state index in [9.17, 15) is 4.79 Å². The van der Waals surface area contributed by atoms with Crippen molar-refractivity contribution in [2.75, 3.05) is 0 Å². The number of aliphatic carboxylic acids is 1. The molecule has 0 aliphatic rings. The second-order valence-corrected chi connectivity index (χ2v) is 4.46. The number of benzene rings is 2. The highest BCUT2D eigenvalue weighted by atomic mass is 16.5. The highest BCUT2D eigenvalue weighted by Crippen LogP contribution is 2.19. The molecule has 0 aliphatic heterocycles. The molecule has 0 saturated carbocycles. The zero-order valence-corrected chi connectivity index (χ0v) is 11.2. The normalized spacial score (nSPS) is 10.7. The number of carboxylic acid groups (broad SMARTS) is 1. The Morgan fingerprint density at radius 1 is 1.20 bits per heavy atom. The third-order valence-electron chi connectivity index (χ3n) is 2.90. The Balaban J connectivity index is 2.09. The van der Waals surface area contributed by atoms with Gasteiger partial charge in [0.05, 0.1) is 0 Å². The van der Waals surface area contributed by atoms with Crippen molar-refractivity contribution in [3.05, 3.63) is 71.3 Å². The SMILES string of the molecule is Cc1ccc(OCc2ccccc2)cc1C=CC(=O)O. The lowest BCUT2D eigenvalue weighted by Gasteiger charge is -2.08. The summed E-state index contributed by atoms with van der Waals surface area (Å²) in [5.74, 6) is -0.232. The second-order valence-electron chi connectivity index (χ2n) is 4.46. The molecule has 0 aromatic heterocycles. The molecule has 2 aromatic carbocycles. The molecule has 0 unspecified atom stereocenters. The Labute approximate surface area is 118 Å². The van der Waals surface area contributed by atoms with Gasteiger partial charge in [-0.2, -0.15) is 0 Å². The topological polar surface area (TPSA) is 46.5 Å². The van der Waals surface area contributed by atoms with Crippen LogP contribution in [0.25, 0.3) is 6.08 Å². The zero-order valence-electron chi connectivity index (χ0n) is 11.2. The lowest BCUT2D eigenvalue weighted by atomic mass is 10.1. The molecular formula is C17H16O3. The molecular weight excluding hydrogens is 252 g/mol. The van der Waals surface area contributed by atoms with Crippen molar-refractivity contribution in [2.45, 2.75) is 13.5 Å². The molecule has 0 amide bonds. The maximum absolute atomic E-state index is 10.6. The summed E-state index contributed by atoms with van der Waals surface area (Å²) in [4.78, 5) is 10.6. The number of ether oxygens (including phenoxy) is 1. The number of hydrogen-bond acceptors (Lipinski definition) is 2. The van der Waals surface area contributed by atoms with Gasteiger partial charge in [0, 0.05) is 6.08 Å². The molecule has 0 atom stereocenters. The number of hydrogen-bond donors (Lipinski definition) is 1. The number of aryl methyl sites for hydroxylation is 1. The molecule has 3 nitrogen and oxygen atoms in total. The molecule has 0 saturated heterocycles. The summed E-state index contributed by atoms with van der Waals surface area (Å²) in [6.07, 6.45) is 2.70. The third kappa shape index (κ3) is 3.99. The molecule has 0 bridgehead atoms. The minimum atomic E-state index is -0.958. The van der Waals surface area contributed by atoms with Gasteiger partial charge in [0.2, 0.25) is 0 Å². The van der Waals surface area contributed by atoms with Crippen molar-refractivity contribution in [1.82, 2.24) is 0 Å². The van der Waals surface area contributed by atoms with Crippen molar-refractivity contribution in [2.24, 2.45) is 0 Å². The Kier molecular flexibility index (Phi) is 4.56. The van der Waals surface area contributed by atoms with Crippen molar-refractivity contribution in [3.8, 4) is 5.75 Å². The summed E-state index contributed by atoms with van der Waals surface area (Å²) in [5, 5.41) is 8.67. The van der Waals surface area contributed by atoms with Crippen LogP contribution in [0.5, 0.6) is 5.75 Å². The van der Waals surface area contributed by atoms with E-state index in [0.717, 1.165) is 28.5 Å². The first-order chi connectivity index (χ1) is 9.65. The van der Waals surface area contributed by atoms with E-state index in [1.54, 1.807) is 6.08 Å². The van der Waals surface area contributed by atoms with Crippen LogP contribution in [-0.4, -0.2) is 11.1 Å². The van der Waals surface area contributed by atoms with Crippen molar-refractivity contribution in [1.29, 1.82) is 0 Å². The molecule has 102 valence electrons. The fourth-order valence-electron chi connectivity index (χ4n) is 1.79. The summed E-state index contributed by atoms with van der Waals surface area (Å²) in [7, 11) is 0. The first kappa shape index (κ1) is 13.9. The Morgan fingerprint density at radius 2 is 1.95 bits per heavy atom. The Hall–Kier alpha value is -2.55. The predicted octanol–water partition coefficient (Wildman–Crippen LogP) is 3.67. The van der Waals surface area contributed by atoms with Crippen LogP contribution in [0.1, 0.15) is 16.7 Å². The first-order valence-electron chi connectivity index (χ1n) is 6.33. The molecule has 0 spiro atoms. The van der Waals surface area contributed by atoms with Crippen LogP contribution in [0.15, 0.2) is 54.6 Å². The molecule has 0 heterocycles. The molecule has 20 heavy (non-hydrogen) atoms.